The molecule has 1 aromatic carbocycles. The Morgan fingerprint density at radius 3 is 2.40 bits per heavy atom. The van der Waals surface area contributed by atoms with Gasteiger partial charge in [0, 0.05) is 0 Å². The molecule has 0 aliphatic rings. The normalized spacial score (nSPS) is 9.40. The van der Waals surface area contributed by atoms with Crippen molar-refractivity contribution < 1.29 is 5.21 Å². The Kier molecular flexibility index (Phi) is 2.22. The molecule has 0 fully saturated rings. The van der Waals surface area contributed by atoms with Gasteiger partial charge in [-0.2, -0.15) is 5.17 Å². The van der Waals surface area contributed by atoms with Crippen LogP contribution in [0.2, 0.25) is 0 Å². The van der Waals surface area contributed by atoms with E-state index in [1.807, 2.05) is 6.07 Å². The molecule has 0 aliphatic heterocycles. The highest BCUT2D eigenvalue weighted by Crippen LogP contribution is 2.06. The number of hydrogen-bond donors (Lipinski definition) is 3. The molecule has 0 bridgehead atoms. The van der Waals surface area contributed by atoms with Crippen LogP contribution in [0.1, 0.15) is 0 Å². The molecule has 0 saturated carbocycles. The van der Waals surface area contributed by atoms with E-state index in [1.54, 1.807) is 24.3 Å². The molecule has 4 nitrogen and oxygen atoms in total. The van der Waals surface area contributed by atoms with Gasteiger partial charge in [-0.05, 0) is 12.1 Å². The highest BCUT2D eigenvalue weighted by atomic mass is 16.5. The molecule has 0 aromatic heterocycles. The molecule has 0 amide bonds. The third-order valence-electron chi connectivity index (χ3n) is 1.12. The Morgan fingerprint density at radius 1 is 1.30 bits per heavy atom. The molecule has 0 saturated heterocycles. The van der Waals surface area contributed by atoms with Crippen molar-refractivity contribution in [2.75, 3.05) is 5.17 Å². The summed E-state index contributed by atoms with van der Waals surface area (Å²) in [6.45, 7) is 0. The first-order valence-corrected chi connectivity index (χ1v) is 2.85. The minimum Gasteiger partial charge on any atom is -0.272 e. The summed E-state index contributed by atoms with van der Waals surface area (Å²) in [6.07, 6.45) is 0. The van der Waals surface area contributed by atoms with Crippen molar-refractivity contribution in [3.8, 4) is 0 Å². The second-order valence-electron chi connectivity index (χ2n) is 1.78. The van der Waals surface area contributed by atoms with Crippen molar-refractivity contribution in [3.63, 3.8) is 0 Å². The van der Waals surface area contributed by atoms with Gasteiger partial charge in [-0.15, -0.1) is 5.53 Å². The molecule has 1 aromatic rings. The lowest BCUT2D eigenvalue weighted by molar-refractivity contribution is 0.212. The van der Waals surface area contributed by atoms with Gasteiger partial charge in [0.05, 0.1) is 5.69 Å². The monoisotopic (exact) mass is 139 g/mol. The van der Waals surface area contributed by atoms with Crippen molar-refractivity contribution in [2.24, 2.45) is 5.84 Å². The van der Waals surface area contributed by atoms with Crippen molar-refractivity contribution in [3.05, 3.63) is 30.3 Å². The second kappa shape index (κ2) is 3.17. The van der Waals surface area contributed by atoms with E-state index in [1.165, 1.54) is 0 Å². The number of nitrogens with one attached hydrogen (secondary N) is 1. The quantitative estimate of drug-likeness (QED) is 0.406. The third-order valence-corrected chi connectivity index (χ3v) is 1.12. The fraction of sp³-hybridized carbons (Fsp3) is 0. The summed E-state index contributed by atoms with van der Waals surface area (Å²) < 4.78 is 0. The number of para-hydroxylation sites is 1. The zero-order chi connectivity index (χ0) is 7.40. The Morgan fingerprint density at radius 2 is 1.90 bits per heavy atom. The van der Waals surface area contributed by atoms with Crippen LogP contribution in [0.4, 0.5) is 5.69 Å². The molecule has 0 aliphatic carbocycles. The van der Waals surface area contributed by atoms with Gasteiger partial charge in [0.15, 0.2) is 0 Å². The maximum Gasteiger partial charge on any atom is 0.0834 e. The molecule has 1 rings (SSSR count). The third kappa shape index (κ3) is 1.44. The van der Waals surface area contributed by atoms with Crippen LogP contribution in [-0.4, -0.2) is 5.21 Å². The summed E-state index contributed by atoms with van der Waals surface area (Å²) in [7, 11) is 0. The maximum atomic E-state index is 8.93. The van der Waals surface area contributed by atoms with Gasteiger partial charge >= 0.3 is 0 Å². The molecule has 0 atom stereocenters. The summed E-state index contributed by atoms with van der Waals surface area (Å²) in [4.78, 5) is 0. The van der Waals surface area contributed by atoms with E-state index in [0.717, 1.165) is 5.17 Å². The molecular weight excluding hydrogens is 130 g/mol. The Hall–Kier alpha value is -1.10. The van der Waals surface area contributed by atoms with Gasteiger partial charge in [0.25, 0.3) is 0 Å². The second-order valence-corrected chi connectivity index (χ2v) is 1.78. The van der Waals surface area contributed by atoms with Crippen LogP contribution in [-0.2, 0) is 0 Å². The Labute approximate surface area is 58.8 Å². The smallest absolute Gasteiger partial charge is 0.0834 e. The minimum absolute atomic E-state index is 0.602. The van der Waals surface area contributed by atoms with Crippen LogP contribution >= 0.6 is 0 Å². The predicted molar refractivity (Wildman–Crippen MR) is 38.0 cm³/mol. The average Bonchev–Trinajstić information content (AvgIpc) is 2.05. The first-order chi connectivity index (χ1) is 4.84. The molecule has 54 valence electrons. The van der Waals surface area contributed by atoms with E-state index in [-0.39, 0.29) is 0 Å². The summed E-state index contributed by atoms with van der Waals surface area (Å²) >= 11 is 0. The topological polar surface area (TPSA) is 61.5 Å². The van der Waals surface area contributed by atoms with Crippen molar-refractivity contribution in [2.45, 2.75) is 0 Å². The fourth-order valence-electron chi connectivity index (χ4n) is 0.644. The largest absolute Gasteiger partial charge is 0.272 e. The Balaban J connectivity index is 2.75. The molecule has 10 heavy (non-hydrogen) atoms. The summed E-state index contributed by atoms with van der Waals surface area (Å²) in [5, 5.41) is 9.66. The van der Waals surface area contributed by atoms with E-state index < -0.39 is 0 Å². The van der Waals surface area contributed by atoms with Crippen molar-refractivity contribution >= 4 is 5.69 Å². The lowest BCUT2D eigenvalue weighted by Gasteiger charge is -2.12. The van der Waals surface area contributed by atoms with Gasteiger partial charge in [-0.3, -0.25) is 11.0 Å². The van der Waals surface area contributed by atoms with Crippen LogP contribution in [0, 0.1) is 0 Å². The predicted octanol–water partition coefficient (Wildman–Crippen LogP) is 0.260. The number of benzene rings is 1. The summed E-state index contributed by atoms with van der Waals surface area (Å²) in [6, 6.07) is 8.90. The van der Waals surface area contributed by atoms with E-state index in [0.29, 0.717) is 5.69 Å². The zero-order valence-electron chi connectivity index (χ0n) is 5.36. The average molecular weight is 139 g/mol. The highest BCUT2D eigenvalue weighted by Gasteiger charge is 1.95. The molecule has 0 radical (unpaired) electrons. The number of rotatable bonds is 2. The highest BCUT2D eigenvalue weighted by molar-refractivity contribution is 5.41. The minimum atomic E-state index is 0.602. The molecule has 0 spiro atoms. The van der Waals surface area contributed by atoms with Crippen LogP contribution in [0.25, 0.3) is 0 Å². The first-order valence-electron chi connectivity index (χ1n) is 2.85. The Bertz CT molecular complexity index is 189. The van der Waals surface area contributed by atoms with E-state index in [9.17, 15) is 0 Å². The molecular formula is C6H9N3O. The van der Waals surface area contributed by atoms with Gasteiger partial charge in [-0.25, -0.2) is 0 Å². The van der Waals surface area contributed by atoms with Crippen LogP contribution in [0.3, 0.4) is 0 Å². The summed E-state index contributed by atoms with van der Waals surface area (Å²) in [5.41, 5.74) is 2.67. The van der Waals surface area contributed by atoms with E-state index in [2.05, 4.69) is 5.53 Å². The van der Waals surface area contributed by atoms with Gasteiger partial charge in [-0.1, -0.05) is 18.2 Å². The van der Waals surface area contributed by atoms with Gasteiger partial charge < -0.3 is 0 Å². The fourth-order valence-corrected chi connectivity index (χ4v) is 0.644. The van der Waals surface area contributed by atoms with Gasteiger partial charge in [0.2, 0.25) is 0 Å². The number of nitrogens with two attached hydrogens (primary N) is 1. The van der Waals surface area contributed by atoms with E-state index >= 15 is 0 Å². The maximum absolute atomic E-state index is 8.93. The van der Waals surface area contributed by atoms with Crippen LogP contribution < -0.4 is 16.5 Å². The number of hydrogen-bond acceptors (Lipinski definition) is 4. The lowest BCUT2D eigenvalue weighted by Crippen LogP contribution is -2.40. The summed E-state index contributed by atoms with van der Waals surface area (Å²) in [5.74, 6) is 4.93. The zero-order valence-corrected chi connectivity index (χ0v) is 5.36. The van der Waals surface area contributed by atoms with Crippen LogP contribution in [0.5, 0.6) is 0 Å². The molecule has 4 heteroatoms. The van der Waals surface area contributed by atoms with Crippen molar-refractivity contribution in [1.82, 2.24) is 5.53 Å². The molecule has 0 unspecified atom stereocenters. The number of nitrogens with zero attached hydrogens (tertiary/aromatic N) is 1. The van der Waals surface area contributed by atoms with Crippen molar-refractivity contribution in [1.29, 1.82) is 0 Å². The lowest BCUT2D eigenvalue weighted by atomic mass is 10.3. The number of hydrazine groups is 2. The standard InChI is InChI=1S/C6H9N3O/c7-8-9(10)6-4-2-1-3-5-6/h1-5,8,10H,7H2. The SMILES string of the molecule is NNN(O)c1ccccc1. The van der Waals surface area contributed by atoms with Crippen LogP contribution in [0.15, 0.2) is 30.3 Å². The molecule has 4 N–H and O–H groups in total. The van der Waals surface area contributed by atoms with E-state index in [4.69, 9.17) is 11.0 Å². The molecule has 0 heterocycles. The number of anilines is 1. The first kappa shape index (κ1) is 7.01. The van der Waals surface area contributed by atoms with Gasteiger partial charge in [0.1, 0.15) is 0 Å².